The smallest absolute Gasteiger partial charge is 0.179 e. The van der Waals surface area contributed by atoms with Crippen LogP contribution in [0.5, 0.6) is 0 Å². The van der Waals surface area contributed by atoms with Crippen LogP contribution in [0.4, 0.5) is 11.4 Å². The van der Waals surface area contributed by atoms with E-state index in [4.69, 9.17) is 47.0 Å². The van der Waals surface area contributed by atoms with Gasteiger partial charge in [-0.1, -0.05) is 52.6 Å². The highest BCUT2D eigenvalue weighted by atomic mass is 35.5. The first-order valence-electron chi connectivity index (χ1n) is 7.03. The fraction of sp³-hybridized carbons (Fsp3) is 0.125. The molecule has 0 atom stereocenters. The summed E-state index contributed by atoms with van der Waals surface area (Å²) < 4.78 is 0. The molecule has 124 valence electrons. The van der Waals surface area contributed by atoms with Crippen LogP contribution in [0.1, 0.15) is 0 Å². The van der Waals surface area contributed by atoms with Crippen molar-refractivity contribution >= 4 is 80.4 Å². The molecule has 0 saturated carbocycles. The summed E-state index contributed by atoms with van der Waals surface area (Å²) in [6, 6.07) is 12.7. The van der Waals surface area contributed by atoms with Gasteiger partial charge < -0.3 is 5.32 Å². The van der Waals surface area contributed by atoms with Crippen LogP contribution in [0.25, 0.3) is 0 Å². The Morgan fingerprint density at radius 2 is 1.92 bits per heavy atom. The molecule has 3 rings (SSSR count). The molecule has 0 aliphatic carbocycles. The number of aliphatic imine (C=N–C) groups is 1. The van der Waals surface area contributed by atoms with Crippen LogP contribution in [0, 0.1) is 0 Å². The van der Waals surface area contributed by atoms with E-state index in [1.54, 1.807) is 30.0 Å². The van der Waals surface area contributed by atoms with Crippen molar-refractivity contribution in [1.29, 1.82) is 0 Å². The summed E-state index contributed by atoms with van der Waals surface area (Å²) in [5, 5.41) is 6.31. The van der Waals surface area contributed by atoms with Crippen molar-refractivity contribution in [3.05, 3.63) is 57.5 Å². The molecule has 0 bridgehead atoms. The first-order chi connectivity index (χ1) is 11.5. The van der Waals surface area contributed by atoms with Crippen molar-refractivity contribution in [2.75, 3.05) is 17.6 Å². The van der Waals surface area contributed by atoms with E-state index in [1.807, 2.05) is 29.2 Å². The topological polar surface area (TPSA) is 27.6 Å². The van der Waals surface area contributed by atoms with Gasteiger partial charge >= 0.3 is 0 Å². The van der Waals surface area contributed by atoms with Gasteiger partial charge in [0.2, 0.25) is 0 Å². The maximum atomic E-state index is 6.20. The third-order valence-electron chi connectivity index (χ3n) is 3.22. The second kappa shape index (κ2) is 7.93. The van der Waals surface area contributed by atoms with E-state index >= 15 is 0 Å². The lowest BCUT2D eigenvalue weighted by atomic mass is 10.3. The van der Waals surface area contributed by atoms with E-state index in [0.29, 0.717) is 25.9 Å². The van der Waals surface area contributed by atoms with Gasteiger partial charge in [0, 0.05) is 28.0 Å². The molecule has 2 aromatic carbocycles. The second-order valence-electron chi connectivity index (χ2n) is 4.93. The van der Waals surface area contributed by atoms with Gasteiger partial charge in [-0.3, -0.25) is 4.90 Å². The molecular weight excluding hydrogens is 405 g/mol. The third kappa shape index (κ3) is 4.35. The fourth-order valence-electron chi connectivity index (χ4n) is 2.11. The van der Waals surface area contributed by atoms with E-state index in [-0.39, 0.29) is 0 Å². The van der Waals surface area contributed by atoms with Crippen molar-refractivity contribution in [2.45, 2.75) is 0 Å². The molecule has 0 radical (unpaired) electrons. The number of thioether (sulfide) groups is 1. The van der Waals surface area contributed by atoms with Crippen LogP contribution in [0.15, 0.2) is 47.5 Å². The fourth-order valence-corrected chi connectivity index (χ4v) is 4.07. The summed E-state index contributed by atoms with van der Waals surface area (Å²) in [7, 11) is 0. The van der Waals surface area contributed by atoms with Gasteiger partial charge in [0.05, 0.1) is 10.7 Å². The number of rotatable bonds is 2. The predicted octanol–water partition coefficient (Wildman–Crippen LogP) is 6.08. The number of hydrogen-bond acceptors (Lipinski definition) is 3. The van der Waals surface area contributed by atoms with E-state index in [1.165, 1.54) is 0 Å². The number of benzene rings is 2. The molecule has 1 N–H and O–H groups in total. The Morgan fingerprint density at radius 1 is 1.12 bits per heavy atom. The molecule has 1 aliphatic heterocycles. The largest absolute Gasteiger partial charge is 0.332 e. The molecule has 24 heavy (non-hydrogen) atoms. The lowest BCUT2D eigenvalue weighted by molar-refractivity contribution is 0.687. The maximum absolute atomic E-state index is 6.20. The highest BCUT2D eigenvalue weighted by Gasteiger charge is 2.23. The lowest BCUT2D eigenvalue weighted by Crippen LogP contribution is -2.35. The summed E-state index contributed by atoms with van der Waals surface area (Å²) in [5.41, 5.74) is 1.51. The minimum absolute atomic E-state index is 0.510. The average molecular weight is 417 g/mol. The minimum atomic E-state index is 0.510. The Morgan fingerprint density at radius 3 is 2.67 bits per heavy atom. The van der Waals surface area contributed by atoms with Gasteiger partial charge in [-0.25, -0.2) is 4.99 Å². The van der Waals surface area contributed by atoms with Gasteiger partial charge in [0.15, 0.2) is 10.3 Å². The molecule has 1 aliphatic rings. The molecule has 1 heterocycles. The molecule has 1 fully saturated rings. The van der Waals surface area contributed by atoms with Crippen LogP contribution in [0.2, 0.25) is 15.1 Å². The molecular formula is C16H12Cl3N3S2. The molecule has 1 saturated heterocycles. The van der Waals surface area contributed by atoms with Crippen LogP contribution in [-0.2, 0) is 0 Å². The number of amidine groups is 1. The van der Waals surface area contributed by atoms with Crippen LogP contribution in [0.3, 0.4) is 0 Å². The van der Waals surface area contributed by atoms with Crippen molar-refractivity contribution in [3.8, 4) is 0 Å². The molecule has 0 unspecified atom stereocenters. The quantitative estimate of drug-likeness (QED) is 0.600. The van der Waals surface area contributed by atoms with E-state index in [9.17, 15) is 0 Å². The third-order valence-corrected chi connectivity index (χ3v) is 5.28. The van der Waals surface area contributed by atoms with E-state index < -0.39 is 0 Å². The van der Waals surface area contributed by atoms with Crippen LogP contribution < -0.4 is 5.32 Å². The van der Waals surface area contributed by atoms with Gasteiger partial charge in [-0.15, -0.1) is 0 Å². The summed E-state index contributed by atoms with van der Waals surface area (Å²) >= 11 is 25.3. The van der Waals surface area contributed by atoms with E-state index in [2.05, 4.69) is 10.3 Å². The molecule has 0 aromatic heterocycles. The number of nitrogens with zero attached hydrogens (tertiary/aromatic N) is 2. The number of thiocarbonyl (C=S) groups is 1. The maximum Gasteiger partial charge on any atom is 0.179 e. The Hall–Kier alpha value is -0.980. The van der Waals surface area contributed by atoms with Crippen molar-refractivity contribution in [1.82, 2.24) is 4.90 Å². The summed E-state index contributed by atoms with van der Waals surface area (Å²) in [6.07, 6.45) is 0. The first-order valence-corrected chi connectivity index (χ1v) is 9.56. The highest BCUT2D eigenvalue weighted by molar-refractivity contribution is 8.14. The number of anilines is 1. The van der Waals surface area contributed by atoms with Gasteiger partial charge in [0.25, 0.3) is 0 Å². The zero-order valence-corrected chi connectivity index (χ0v) is 16.2. The monoisotopic (exact) mass is 415 g/mol. The Labute approximate surface area is 165 Å². The first kappa shape index (κ1) is 17.8. The van der Waals surface area contributed by atoms with Crippen molar-refractivity contribution in [2.24, 2.45) is 4.99 Å². The highest BCUT2D eigenvalue weighted by Crippen LogP contribution is 2.31. The lowest BCUT2D eigenvalue weighted by Gasteiger charge is -2.20. The minimum Gasteiger partial charge on any atom is -0.332 e. The molecule has 3 nitrogen and oxygen atoms in total. The number of hydrogen-bond donors (Lipinski definition) is 1. The zero-order chi connectivity index (χ0) is 17.1. The SMILES string of the molecule is S=C(Nc1cccc(Cl)c1)N1CCSC1=Nc1ccc(Cl)cc1Cl. The zero-order valence-electron chi connectivity index (χ0n) is 12.3. The standard InChI is InChI=1S/C16H12Cl3N3S2/c17-10-2-1-3-12(8-10)20-15(23)22-6-7-24-16(22)21-14-5-4-11(18)9-13(14)19/h1-5,8-9H,6-7H2,(H,20,23). The number of halogens is 3. The van der Waals surface area contributed by atoms with Crippen molar-refractivity contribution < 1.29 is 0 Å². The summed E-state index contributed by atoms with van der Waals surface area (Å²) in [4.78, 5) is 6.57. The molecule has 0 spiro atoms. The molecule has 2 aromatic rings. The summed E-state index contributed by atoms with van der Waals surface area (Å²) in [6.45, 7) is 0.779. The average Bonchev–Trinajstić information content (AvgIpc) is 2.98. The second-order valence-corrected chi connectivity index (χ2v) is 7.66. The normalized spacial score (nSPS) is 15.8. The van der Waals surface area contributed by atoms with Crippen LogP contribution in [-0.4, -0.2) is 27.5 Å². The van der Waals surface area contributed by atoms with Gasteiger partial charge in [-0.05, 0) is 48.6 Å². The predicted molar refractivity (Wildman–Crippen MR) is 110 cm³/mol. The van der Waals surface area contributed by atoms with Crippen molar-refractivity contribution in [3.63, 3.8) is 0 Å². The Balaban J connectivity index is 1.79. The van der Waals surface area contributed by atoms with Gasteiger partial charge in [0.1, 0.15) is 0 Å². The number of nitrogens with one attached hydrogen (secondary N) is 1. The molecule has 0 amide bonds. The summed E-state index contributed by atoms with van der Waals surface area (Å²) in [5.74, 6) is 0.904. The van der Waals surface area contributed by atoms with Gasteiger partial charge in [-0.2, -0.15) is 0 Å². The Kier molecular flexibility index (Phi) is 5.89. The van der Waals surface area contributed by atoms with E-state index in [0.717, 1.165) is 23.2 Å². The Bertz CT molecular complexity index is 811. The van der Waals surface area contributed by atoms with Crippen LogP contribution >= 0.6 is 58.8 Å². The molecule has 8 heteroatoms.